The highest BCUT2D eigenvalue weighted by atomic mass is 16.5. The molecule has 4 rings (SSSR count). The third-order valence-corrected chi connectivity index (χ3v) is 5.32. The summed E-state index contributed by atoms with van der Waals surface area (Å²) in [6, 6.07) is 14.4. The molecule has 1 saturated heterocycles. The second-order valence-corrected chi connectivity index (χ2v) is 7.39. The Bertz CT molecular complexity index is 1090. The van der Waals surface area contributed by atoms with Gasteiger partial charge in [-0.2, -0.15) is 0 Å². The van der Waals surface area contributed by atoms with Crippen molar-refractivity contribution < 1.29 is 19.4 Å². The van der Waals surface area contributed by atoms with Crippen LogP contribution in [0.3, 0.4) is 0 Å². The molecule has 2 amide bonds. The first-order chi connectivity index (χ1) is 15.1. The van der Waals surface area contributed by atoms with E-state index in [2.05, 4.69) is 4.98 Å². The molecule has 2 aromatic heterocycles. The van der Waals surface area contributed by atoms with E-state index < -0.39 is 6.10 Å². The predicted molar refractivity (Wildman–Crippen MR) is 115 cm³/mol. The van der Waals surface area contributed by atoms with Gasteiger partial charge in [0.1, 0.15) is 11.8 Å². The molecule has 0 unspecified atom stereocenters. The molecule has 1 N–H and O–H groups in total. The van der Waals surface area contributed by atoms with Crippen molar-refractivity contribution in [2.75, 3.05) is 39.9 Å². The second-order valence-electron chi connectivity index (χ2n) is 7.39. The van der Waals surface area contributed by atoms with E-state index in [1.165, 1.54) is 4.90 Å². The van der Waals surface area contributed by atoms with Crippen molar-refractivity contribution in [3.63, 3.8) is 0 Å². The summed E-state index contributed by atoms with van der Waals surface area (Å²) >= 11 is 0. The van der Waals surface area contributed by atoms with E-state index in [9.17, 15) is 14.7 Å². The zero-order chi connectivity index (χ0) is 21.8. The Balaban J connectivity index is 1.66. The van der Waals surface area contributed by atoms with Gasteiger partial charge < -0.3 is 19.6 Å². The summed E-state index contributed by atoms with van der Waals surface area (Å²) in [5.74, 6) is -0.361. The van der Waals surface area contributed by atoms with E-state index in [0.717, 1.165) is 5.39 Å². The van der Waals surface area contributed by atoms with Crippen LogP contribution in [0.4, 0.5) is 0 Å². The number of carbonyl (C=O) groups is 2. The lowest BCUT2D eigenvalue weighted by Gasteiger charge is -2.32. The van der Waals surface area contributed by atoms with Crippen LogP contribution in [0, 0.1) is 0 Å². The summed E-state index contributed by atoms with van der Waals surface area (Å²) in [7, 11) is 1.65. The lowest BCUT2D eigenvalue weighted by Crippen LogP contribution is -2.42. The molecule has 1 aliphatic rings. The maximum absolute atomic E-state index is 13.0. The Morgan fingerprint density at radius 1 is 1.23 bits per heavy atom. The van der Waals surface area contributed by atoms with Crippen LogP contribution in [0.15, 0.2) is 54.7 Å². The van der Waals surface area contributed by atoms with Crippen molar-refractivity contribution in [2.45, 2.75) is 6.10 Å². The minimum Gasteiger partial charge on any atom is -0.395 e. The van der Waals surface area contributed by atoms with Crippen molar-refractivity contribution in [3.8, 4) is 0 Å². The van der Waals surface area contributed by atoms with E-state index in [1.54, 1.807) is 42.4 Å². The molecule has 1 aromatic carbocycles. The number of likely N-dealkylation sites (N-methyl/N-ethyl adjacent to an activating group) is 1. The number of carbonyl (C=O) groups excluding carboxylic acids is 2. The van der Waals surface area contributed by atoms with Gasteiger partial charge in [0.05, 0.1) is 36.5 Å². The molecule has 1 fully saturated rings. The van der Waals surface area contributed by atoms with Crippen LogP contribution in [0.5, 0.6) is 0 Å². The van der Waals surface area contributed by atoms with Gasteiger partial charge in [0.15, 0.2) is 0 Å². The zero-order valence-electron chi connectivity index (χ0n) is 17.3. The fourth-order valence-electron chi connectivity index (χ4n) is 3.66. The van der Waals surface area contributed by atoms with E-state index in [4.69, 9.17) is 9.72 Å². The fourth-order valence-corrected chi connectivity index (χ4v) is 3.66. The summed E-state index contributed by atoms with van der Waals surface area (Å²) in [6.07, 6.45) is 1.14. The number of aromatic nitrogens is 2. The van der Waals surface area contributed by atoms with Crippen molar-refractivity contribution in [3.05, 3.63) is 71.7 Å². The summed E-state index contributed by atoms with van der Waals surface area (Å²) in [5, 5.41) is 9.95. The van der Waals surface area contributed by atoms with Crippen LogP contribution in [-0.2, 0) is 4.74 Å². The van der Waals surface area contributed by atoms with Gasteiger partial charge in [-0.25, -0.2) is 4.98 Å². The molecule has 31 heavy (non-hydrogen) atoms. The minimum atomic E-state index is -0.458. The first-order valence-corrected chi connectivity index (χ1v) is 10.2. The van der Waals surface area contributed by atoms with Crippen molar-refractivity contribution in [2.24, 2.45) is 0 Å². The molecule has 1 atom stereocenters. The number of aliphatic hydroxyl groups excluding tert-OH is 1. The quantitative estimate of drug-likeness (QED) is 0.677. The maximum Gasteiger partial charge on any atom is 0.272 e. The van der Waals surface area contributed by atoms with Gasteiger partial charge in [-0.3, -0.25) is 14.6 Å². The highest BCUT2D eigenvalue weighted by Crippen LogP contribution is 2.27. The van der Waals surface area contributed by atoms with Crippen LogP contribution in [-0.4, -0.2) is 76.6 Å². The number of pyridine rings is 2. The SMILES string of the molecule is CN(CCO)C(=O)c1cc([C@@H]2CN(C(=O)c3ccccn3)CCO2)nc2ccccc12. The number of benzene rings is 1. The average molecular weight is 420 g/mol. The van der Waals surface area contributed by atoms with Gasteiger partial charge in [0.2, 0.25) is 0 Å². The first kappa shape index (κ1) is 20.9. The number of hydrogen-bond acceptors (Lipinski definition) is 6. The van der Waals surface area contributed by atoms with Crippen LogP contribution < -0.4 is 0 Å². The second kappa shape index (κ2) is 9.20. The number of morpholine rings is 1. The summed E-state index contributed by atoms with van der Waals surface area (Å²) in [5.41, 5.74) is 2.15. The highest BCUT2D eigenvalue weighted by molar-refractivity contribution is 6.06. The van der Waals surface area contributed by atoms with Gasteiger partial charge >= 0.3 is 0 Å². The predicted octanol–water partition coefficient (Wildman–Crippen LogP) is 1.91. The smallest absolute Gasteiger partial charge is 0.272 e. The summed E-state index contributed by atoms with van der Waals surface area (Å²) in [4.78, 5) is 37.9. The largest absolute Gasteiger partial charge is 0.395 e. The van der Waals surface area contributed by atoms with E-state index in [1.807, 2.05) is 24.3 Å². The summed E-state index contributed by atoms with van der Waals surface area (Å²) in [6.45, 7) is 1.27. The van der Waals surface area contributed by atoms with Crippen molar-refractivity contribution in [1.29, 1.82) is 0 Å². The number of hydrogen-bond donors (Lipinski definition) is 1. The van der Waals surface area contributed by atoms with Gasteiger partial charge in [-0.15, -0.1) is 0 Å². The third kappa shape index (κ3) is 4.40. The molecule has 3 aromatic rings. The lowest BCUT2D eigenvalue weighted by atomic mass is 10.0. The molecule has 3 heterocycles. The maximum atomic E-state index is 13.0. The third-order valence-electron chi connectivity index (χ3n) is 5.32. The van der Waals surface area contributed by atoms with Crippen LogP contribution in [0.25, 0.3) is 10.9 Å². The number of ether oxygens (including phenoxy) is 1. The monoisotopic (exact) mass is 420 g/mol. The highest BCUT2D eigenvalue weighted by Gasteiger charge is 2.29. The molecule has 160 valence electrons. The normalized spacial score (nSPS) is 16.3. The average Bonchev–Trinajstić information content (AvgIpc) is 2.83. The molecular weight excluding hydrogens is 396 g/mol. The van der Waals surface area contributed by atoms with Crippen molar-refractivity contribution in [1.82, 2.24) is 19.8 Å². The van der Waals surface area contributed by atoms with E-state index in [0.29, 0.717) is 42.2 Å². The van der Waals surface area contributed by atoms with Gasteiger partial charge in [0, 0.05) is 31.7 Å². The van der Waals surface area contributed by atoms with Gasteiger partial charge in [0.25, 0.3) is 11.8 Å². The number of nitrogens with zero attached hydrogens (tertiary/aromatic N) is 4. The first-order valence-electron chi connectivity index (χ1n) is 10.2. The molecule has 0 saturated carbocycles. The Kier molecular flexibility index (Phi) is 6.20. The molecular formula is C23H24N4O4. The zero-order valence-corrected chi connectivity index (χ0v) is 17.3. The molecule has 0 bridgehead atoms. The fraction of sp³-hybridized carbons (Fsp3) is 0.304. The number of aliphatic hydroxyl groups is 1. The molecule has 8 nitrogen and oxygen atoms in total. The molecule has 0 aliphatic carbocycles. The van der Waals surface area contributed by atoms with Crippen LogP contribution in [0.2, 0.25) is 0 Å². The molecule has 8 heteroatoms. The Morgan fingerprint density at radius 3 is 2.81 bits per heavy atom. The standard InChI is InChI=1S/C23H24N4O4/c1-26(10-12-28)22(29)17-14-20(25-18-7-3-2-6-16(17)18)21-15-27(11-13-31-21)23(30)19-8-4-5-9-24-19/h2-9,14,21,28H,10-13,15H2,1H3/t21-/m0/s1. The molecule has 1 aliphatic heterocycles. The topological polar surface area (TPSA) is 95.9 Å². The number of fused-ring (bicyclic) bond motifs is 1. The Labute approximate surface area is 180 Å². The van der Waals surface area contributed by atoms with E-state index in [-0.39, 0.29) is 25.0 Å². The van der Waals surface area contributed by atoms with Crippen LogP contribution >= 0.6 is 0 Å². The van der Waals surface area contributed by atoms with Gasteiger partial charge in [-0.05, 0) is 24.3 Å². The number of para-hydroxylation sites is 1. The number of amides is 2. The van der Waals surface area contributed by atoms with Gasteiger partial charge in [-0.1, -0.05) is 24.3 Å². The Hall–Kier alpha value is -3.36. The lowest BCUT2D eigenvalue weighted by molar-refractivity contribution is -0.0248. The molecule has 0 radical (unpaired) electrons. The van der Waals surface area contributed by atoms with E-state index >= 15 is 0 Å². The molecule has 0 spiro atoms. The minimum absolute atomic E-state index is 0.117. The van der Waals surface area contributed by atoms with Crippen LogP contribution in [0.1, 0.15) is 32.6 Å². The van der Waals surface area contributed by atoms with Crippen molar-refractivity contribution >= 4 is 22.7 Å². The Morgan fingerprint density at radius 2 is 2.03 bits per heavy atom. The number of rotatable bonds is 5. The summed E-state index contributed by atoms with van der Waals surface area (Å²) < 4.78 is 5.93.